The van der Waals surface area contributed by atoms with Gasteiger partial charge in [0.05, 0.1) is 18.3 Å². The predicted octanol–water partition coefficient (Wildman–Crippen LogP) is 2.37. The van der Waals surface area contributed by atoms with Crippen LogP contribution in [0.15, 0.2) is 28.7 Å². The van der Waals surface area contributed by atoms with Crippen LogP contribution in [0.25, 0.3) is 10.9 Å². The van der Waals surface area contributed by atoms with Gasteiger partial charge in [0, 0.05) is 9.86 Å². The number of hydrogen-bond donors (Lipinski definition) is 1. The Labute approximate surface area is 101 Å². The first kappa shape index (κ1) is 10.9. The molecule has 82 valence electrons. The van der Waals surface area contributed by atoms with Crippen LogP contribution in [0.2, 0.25) is 0 Å². The molecule has 2 aromatic rings. The molecule has 0 saturated heterocycles. The molecule has 2 rings (SSSR count). The molecule has 0 bridgehead atoms. The molecule has 0 spiro atoms. The Hall–Kier alpha value is -1.62. The SMILES string of the molecule is COC(=O)c1nc2ccc(Br)cc2cc1N. The number of rotatable bonds is 1. The van der Waals surface area contributed by atoms with Gasteiger partial charge in [0.15, 0.2) is 5.69 Å². The normalized spacial score (nSPS) is 10.4. The number of pyridine rings is 1. The van der Waals surface area contributed by atoms with Gasteiger partial charge in [0.1, 0.15) is 0 Å². The van der Waals surface area contributed by atoms with Crippen LogP contribution < -0.4 is 5.73 Å². The summed E-state index contributed by atoms with van der Waals surface area (Å²) >= 11 is 3.36. The quantitative estimate of drug-likeness (QED) is 0.815. The van der Waals surface area contributed by atoms with Crippen LogP contribution >= 0.6 is 15.9 Å². The zero-order valence-corrected chi connectivity index (χ0v) is 10.1. The number of carbonyl (C=O) groups excluding carboxylic acids is 1. The average Bonchev–Trinajstić information content (AvgIpc) is 2.27. The molecule has 4 nitrogen and oxygen atoms in total. The Balaban J connectivity index is 2.67. The molecule has 0 unspecified atom stereocenters. The fourth-order valence-electron chi connectivity index (χ4n) is 1.42. The first-order valence-corrected chi connectivity index (χ1v) is 5.35. The van der Waals surface area contributed by atoms with E-state index in [9.17, 15) is 4.79 Å². The van der Waals surface area contributed by atoms with Crippen molar-refractivity contribution >= 4 is 38.5 Å². The number of carbonyl (C=O) groups is 1. The van der Waals surface area contributed by atoms with Crippen molar-refractivity contribution < 1.29 is 9.53 Å². The number of methoxy groups -OCH3 is 1. The van der Waals surface area contributed by atoms with E-state index in [1.165, 1.54) is 7.11 Å². The Morgan fingerprint density at radius 2 is 2.19 bits per heavy atom. The Bertz CT molecular complexity index is 569. The molecule has 0 aliphatic rings. The maximum absolute atomic E-state index is 11.4. The first-order valence-electron chi connectivity index (χ1n) is 4.56. The lowest BCUT2D eigenvalue weighted by molar-refractivity contribution is 0.0596. The molecule has 0 atom stereocenters. The molecule has 2 N–H and O–H groups in total. The molecule has 5 heteroatoms. The fraction of sp³-hybridized carbons (Fsp3) is 0.0909. The van der Waals surface area contributed by atoms with E-state index in [-0.39, 0.29) is 5.69 Å². The summed E-state index contributed by atoms with van der Waals surface area (Å²) in [6, 6.07) is 7.26. The number of fused-ring (bicyclic) bond motifs is 1. The zero-order chi connectivity index (χ0) is 11.7. The number of esters is 1. The van der Waals surface area contributed by atoms with Gasteiger partial charge >= 0.3 is 5.97 Å². The topological polar surface area (TPSA) is 65.2 Å². The second-order valence-corrected chi connectivity index (χ2v) is 4.17. The smallest absolute Gasteiger partial charge is 0.358 e. The van der Waals surface area contributed by atoms with E-state index in [1.54, 1.807) is 6.07 Å². The summed E-state index contributed by atoms with van der Waals surface area (Å²) in [5, 5.41) is 0.875. The highest BCUT2D eigenvalue weighted by molar-refractivity contribution is 9.10. The van der Waals surface area contributed by atoms with Gasteiger partial charge in [-0.05, 0) is 24.3 Å². The lowest BCUT2D eigenvalue weighted by atomic mass is 10.2. The van der Waals surface area contributed by atoms with Crippen molar-refractivity contribution in [3.05, 3.63) is 34.4 Å². The molecular weight excluding hydrogens is 272 g/mol. The van der Waals surface area contributed by atoms with Gasteiger partial charge in [0.2, 0.25) is 0 Å². The van der Waals surface area contributed by atoms with Crippen LogP contribution in [-0.4, -0.2) is 18.1 Å². The molecule has 1 aromatic carbocycles. The molecule has 0 aliphatic carbocycles. The van der Waals surface area contributed by atoms with Crippen molar-refractivity contribution in [2.24, 2.45) is 0 Å². The summed E-state index contributed by atoms with van der Waals surface area (Å²) in [7, 11) is 1.30. The van der Waals surface area contributed by atoms with E-state index in [2.05, 4.69) is 25.7 Å². The van der Waals surface area contributed by atoms with E-state index in [4.69, 9.17) is 5.73 Å². The highest BCUT2D eigenvalue weighted by Crippen LogP contribution is 2.22. The van der Waals surface area contributed by atoms with Crippen molar-refractivity contribution in [3.63, 3.8) is 0 Å². The molecule has 0 amide bonds. The average molecular weight is 281 g/mol. The zero-order valence-electron chi connectivity index (χ0n) is 8.53. The van der Waals surface area contributed by atoms with E-state index < -0.39 is 5.97 Å². The number of anilines is 1. The number of halogens is 1. The number of aromatic nitrogens is 1. The summed E-state index contributed by atoms with van der Waals surface area (Å²) in [6.45, 7) is 0. The number of hydrogen-bond acceptors (Lipinski definition) is 4. The van der Waals surface area contributed by atoms with Gasteiger partial charge in [-0.15, -0.1) is 0 Å². The summed E-state index contributed by atoms with van der Waals surface area (Å²) < 4.78 is 5.54. The van der Waals surface area contributed by atoms with E-state index in [0.717, 1.165) is 9.86 Å². The summed E-state index contributed by atoms with van der Waals surface area (Å²) in [4.78, 5) is 15.5. The molecule has 0 fully saturated rings. The molecular formula is C11H9BrN2O2. The highest BCUT2D eigenvalue weighted by atomic mass is 79.9. The Morgan fingerprint density at radius 1 is 1.44 bits per heavy atom. The molecule has 1 aromatic heterocycles. The molecule has 0 saturated carbocycles. The molecule has 1 heterocycles. The van der Waals surface area contributed by atoms with Crippen molar-refractivity contribution in [1.82, 2.24) is 4.98 Å². The van der Waals surface area contributed by atoms with E-state index >= 15 is 0 Å². The minimum Gasteiger partial charge on any atom is -0.464 e. The molecule has 0 radical (unpaired) electrons. The third kappa shape index (κ3) is 1.86. The van der Waals surface area contributed by atoms with Crippen LogP contribution in [0.1, 0.15) is 10.5 Å². The van der Waals surface area contributed by atoms with E-state index in [1.807, 2.05) is 18.2 Å². The number of benzene rings is 1. The highest BCUT2D eigenvalue weighted by Gasteiger charge is 2.12. The van der Waals surface area contributed by atoms with Crippen molar-refractivity contribution in [2.45, 2.75) is 0 Å². The number of nitrogen functional groups attached to an aromatic ring is 1. The van der Waals surface area contributed by atoms with Crippen molar-refractivity contribution in [1.29, 1.82) is 0 Å². The van der Waals surface area contributed by atoms with Gasteiger partial charge in [0.25, 0.3) is 0 Å². The van der Waals surface area contributed by atoms with Gasteiger partial charge in [-0.25, -0.2) is 9.78 Å². The molecule has 0 aliphatic heterocycles. The predicted molar refractivity (Wildman–Crippen MR) is 65.2 cm³/mol. The Morgan fingerprint density at radius 3 is 2.88 bits per heavy atom. The lowest BCUT2D eigenvalue weighted by Gasteiger charge is -2.05. The monoisotopic (exact) mass is 280 g/mol. The number of nitrogens with two attached hydrogens (primary N) is 1. The Kier molecular flexibility index (Phi) is 2.78. The number of ether oxygens (including phenoxy) is 1. The summed E-state index contributed by atoms with van der Waals surface area (Å²) in [6.07, 6.45) is 0. The second kappa shape index (κ2) is 4.09. The maximum atomic E-state index is 11.4. The van der Waals surface area contributed by atoms with Crippen LogP contribution in [0, 0.1) is 0 Å². The largest absolute Gasteiger partial charge is 0.464 e. The third-order valence-electron chi connectivity index (χ3n) is 2.19. The van der Waals surface area contributed by atoms with Crippen molar-refractivity contribution in [3.8, 4) is 0 Å². The maximum Gasteiger partial charge on any atom is 0.358 e. The summed E-state index contributed by atoms with van der Waals surface area (Å²) in [5.41, 5.74) is 6.91. The fourth-order valence-corrected chi connectivity index (χ4v) is 1.80. The molecule has 16 heavy (non-hydrogen) atoms. The van der Waals surface area contributed by atoms with Gasteiger partial charge in [-0.3, -0.25) is 0 Å². The van der Waals surface area contributed by atoms with Crippen LogP contribution in [0.3, 0.4) is 0 Å². The summed E-state index contributed by atoms with van der Waals surface area (Å²) in [5.74, 6) is -0.526. The van der Waals surface area contributed by atoms with Crippen LogP contribution in [-0.2, 0) is 4.74 Å². The van der Waals surface area contributed by atoms with Crippen molar-refractivity contribution in [2.75, 3.05) is 12.8 Å². The van der Waals surface area contributed by atoms with E-state index in [0.29, 0.717) is 11.2 Å². The minimum atomic E-state index is -0.526. The van der Waals surface area contributed by atoms with Crippen LogP contribution in [0.5, 0.6) is 0 Å². The second-order valence-electron chi connectivity index (χ2n) is 3.25. The number of nitrogens with zero attached hydrogens (tertiary/aromatic N) is 1. The van der Waals surface area contributed by atoms with Gasteiger partial charge < -0.3 is 10.5 Å². The standard InChI is InChI=1S/C11H9BrN2O2/c1-16-11(15)10-8(13)5-6-4-7(12)2-3-9(6)14-10/h2-5H,13H2,1H3. The van der Waals surface area contributed by atoms with Gasteiger partial charge in [-0.2, -0.15) is 0 Å². The first-order chi connectivity index (χ1) is 7.61. The van der Waals surface area contributed by atoms with Crippen LogP contribution in [0.4, 0.5) is 5.69 Å². The lowest BCUT2D eigenvalue weighted by Crippen LogP contribution is -2.08. The van der Waals surface area contributed by atoms with Gasteiger partial charge in [-0.1, -0.05) is 15.9 Å². The third-order valence-corrected chi connectivity index (χ3v) is 2.68. The minimum absolute atomic E-state index is 0.150.